The molecule has 0 saturated carbocycles. The molecule has 0 bridgehead atoms. The van der Waals surface area contributed by atoms with Gasteiger partial charge in [0.1, 0.15) is 6.61 Å². The van der Waals surface area contributed by atoms with Crippen molar-refractivity contribution in [2.45, 2.75) is 18.4 Å². The maximum atomic E-state index is 12.6. The molecular formula is C19H23N3O3S. The molecule has 0 amide bonds. The predicted octanol–water partition coefficient (Wildman–Crippen LogP) is 2.22. The van der Waals surface area contributed by atoms with E-state index >= 15 is 0 Å². The number of sulfonamides is 1. The minimum Gasteiger partial charge on any atom is -0.391 e. The van der Waals surface area contributed by atoms with Gasteiger partial charge in [-0.25, -0.2) is 8.42 Å². The molecule has 3 rings (SSSR count). The number of rotatable bonds is 6. The van der Waals surface area contributed by atoms with E-state index in [1.807, 2.05) is 37.3 Å². The molecule has 1 fully saturated rings. The van der Waals surface area contributed by atoms with Crippen LogP contribution in [-0.2, 0) is 21.5 Å². The highest BCUT2D eigenvalue weighted by Crippen LogP contribution is 2.17. The highest BCUT2D eigenvalue weighted by atomic mass is 32.2. The average Bonchev–Trinajstić information content (AvgIpc) is 2.69. The Hall–Kier alpha value is -2.22. The van der Waals surface area contributed by atoms with Crippen LogP contribution in [-0.4, -0.2) is 44.6 Å². The second-order valence-electron chi connectivity index (χ2n) is 6.11. The largest absolute Gasteiger partial charge is 0.391 e. The van der Waals surface area contributed by atoms with Crippen molar-refractivity contribution in [2.24, 2.45) is 5.16 Å². The number of benzene rings is 2. The first kappa shape index (κ1) is 18.6. The molecule has 0 aliphatic carbocycles. The van der Waals surface area contributed by atoms with Gasteiger partial charge in [-0.05, 0) is 30.2 Å². The van der Waals surface area contributed by atoms with Crippen molar-refractivity contribution in [3.63, 3.8) is 0 Å². The van der Waals surface area contributed by atoms with Gasteiger partial charge in [0.05, 0.1) is 10.6 Å². The van der Waals surface area contributed by atoms with E-state index in [1.165, 1.54) is 4.31 Å². The first-order valence-electron chi connectivity index (χ1n) is 8.59. The van der Waals surface area contributed by atoms with Gasteiger partial charge in [-0.2, -0.15) is 4.31 Å². The summed E-state index contributed by atoms with van der Waals surface area (Å²) in [5, 5.41) is 7.28. The molecule has 0 aromatic heterocycles. The summed E-state index contributed by atoms with van der Waals surface area (Å²) in [5.74, 6) is 0. The maximum absolute atomic E-state index is 12.6. The Balaban J connectivity index is 1.65. The van der Waals surface area contributed by atoms with Crippen molar-refractivity contribution in [1.29, 1.82) is 0 Å². The third kappa shape index (κ3) is 4.49. The summed E-state index contributed by atoms with van der Waals surface area (Å²) in [7, 11) is -3.44. The van der Waals surface area contributed by atoms with Crippen molar-refractivity contribution in [1.82, 2.24) is 9.62 Å². The molecule has 1 aliphatic heterocycles. The topological polar surface area (TPSA) is 71.0 Å². The standard InChI is InChI=1S/C19H23N3O3S/c1-16(21-25-15-17-5-3-2-4-6-17)18-7-9-19(10-8-18)26(23,24)22-13-11-20-12-14-22/h2-10,20H,11-15H2,1H3/b21-16+. The lowest BCUT2D eigenvalue weighted by molar-refractivity contribution is 0.130. The molecule has 0 unspecified atom stereocenters. The molecule has 1 N–H and O–H groups in total. The Morgan fingerprint density at radius 1 is 1.08 bits per heavy atom. The number of oxime groups is 1. The Labute approximate surface area is 154 Å². The first-order valence-corrected chi connectivity index (χ1v) is 10.0. The van der Waals surface area contributed by atoms with E-state index in [9.17, 15) is 8.42 Å². The fourth-order valence-electron chi connectivity index (χ4n) is 2.73. The molecule has 0 radical (unpaired) electrons. The van der Waals surface area contributed by atoms with Gasteiger partial charge in [-0.1, -0.05) is 47.6 Å². The summed E-state index contributed by atoms with van der Waals surface area (Å²) in [5.41, 5.74) is 2.57. The van der Waals surface area contributed by atoms with E-state index in [4.69, 9.17) is 4.84 Å². The second kappa shape index (κ2) is 8.44. The Morgan fingerprint density at radius 2 is 1.73 bits per heavy atom. The second-order valence-corrected chi connectivity index (χ2v) is 8.05. The van der Waals surface area contributed by atoms with Crippen LogP contribution in [0, 0.1) is 0 Å². The zero-order chi connectivity index (χ0) is 18.4. The third-order valence-electron chi connectivity index (χ3n) is 4.26. The van der Waals surface area contributed by atoms with Crippen LogP contribution >= 0.6 is 0 Å². The molecule has 6 nitrogen and oxygen atoms in total. The lowest BCUT2D eigenvalue weighted by Gasteiger charge is -2.26. The number of piperazine rings is 1. The van der Waals surface area contributed by atoms with Crippen molar-refractivity contribution in [2.75, 3.05) is 26.2 Å². The summed E-state index contributed by atoms with van der Waals surface area (Å²) in [4.78, 5) is 5.69. The van der Waals surface area contributed by atoms with E-state index in [1.54, 1.807) is 24.3 Å². The van der Waals surface area contributed by atoms with Gasteiger partial charge in [-0.3, -0.25) is 0 Å². The first-order chi connectivity index (χ1) is 12.6. The van der Waals surface area contributed by atoms with Crippen LogP contribution in [0.3, 0.4) is 0 Å². The fourth-order valence-corrected chi connectivity index (χ4v) is 4.17. The van der Waals surface area contributed by atoms with E-state index in [-0.39, 0.29) is 0 Å². The molecule has 0 spiro atoms. The summed E-state index contributed by atoms with van der Waals surface area (Å²) in [6.07, 6.45) is 0. The van der Waals surface area contributed by atoms with Crippen molar-refractivity contribution in [3.05, 3.63) is 65.7 Å². The van der Waals surface area contributed by atoms with Crippen LogP contribution in [0.5, 0.6) is 0 Å². The van der Waals surface area contributed by atoms with Gasteiger partial charge < -0.3 is 10.2 Å². The van der Waals surface area contributed by atoms with Crippen molar-refractivity contribution < 1.29 is 13.3 Å². The average molecular weight is 373 g/mol. The predicted molar refractivity (Wildman–Crippen MR) is 102 cm³/mol. The fraction of sp³-hybridized carbons (Fsp3) is 0.316. The highest BCUT2D eigenvalue weighted by Gasteiger charge is 2.25. The molecule has 1 aliphatic rings. The SMILES string of the molecule is C/C(=N\OCc1ccccc1)c1ccc(S(=O)(=O)N2CCNCC2)cc1. The minimum atomic E-state index is -3.44. The highest BCUT2D eigenvalue weighted by molar-refractivity contribution is 7.89. The Morgan fingerprint density at radius 3 is 2.38 bits per heavy atom. The summed E-state index contributed by atoms with van der Waals surface area (Å²) in [6.45, 7) is 4.60. The van der Waals surface area contributed by atoms with Gasteiger partial charge in [0.25, 0.3) is 0 Å². The zero-order valence-corrected chi connectivity index (χ0v) is 15.6. The van der Waals surface area contributed by atoms with Crippen LogP contribution in [0.15, 0.2) is 64.6 Å². The number of hydrogen-bond donors (Lipinski definition) is 1. The molecule has 26 heavy (non-hydrogen) atoms. The molecule has 7 heteroatoms. The number of hydrogen-bond acceptors (Lipinski definition) is 5. The number of nitrogens with zero attached hydrogens (tertiary/aromatic N) is 2. The lowest BCUT2D eigenvalue weighted by atomic mass is 10.1. The van der Waals surface area contributed by atoms with Crippen molar-refractivity contribution >= 4 is 15.7 Å². The summed E-state index contributed by atoms with van der Waals surface area (Å²) < 4.78 is 26.8. The summed E-state index contributed by atoms with van der Waals surface area (Å²) >= 11 is 0. The molecule has 1 saturated heterocycles. The van der Waals surface area contributed by atoms with Gasteiger partial charge in [0, 0.05) is 26.2 Å². The van der Waals surface area contributed by atoms with E-state index < -0.39 is 10.0 Å². The van der Waals surface area contributed by atoms with Gasteiger partial charge >= 0.3 is 0 Å². The van der Waals surface area contributed by atoms with Gasteiger partial charge in [0.2, 0.25) is 10.0 Å². The van der Waals surface area contributed by atoms with Crippen molar-refractivity contribution in [3.8, 4) is 0 Å². The minimum absolute atomic E-state index is 0.307. The van der Waals surface area contributed by atoms with Gasteiger partial charge in [-0.15, -0.1) is 0 Å². The zero-order valence-electron chi connectivity index (χ0n) is 14.8. The van der Waals surface area contributed by atoms with E-state index in [0.717, 1.165) is 11.1 Å². The normalized spacial score (nSPS) is 16.4. The third-order valence-corrected chi connectivity index (χ3v) is 6.17. The van der Waals surface area contributed by atoms with Gasteiger partial charge in [0.15, 0.2) is 0 Å². The van der Waals surface area contributed by atoms with E-state index in [2.05, 4.69) is 10.5 Å². The molecule has 1 heterocycles. The Bertz CT molecular complexity index is 843. The quantitative estimate of drug-likeness (QED) is 0.623. The summed E-state index contributed by atoms with van der Waals surface area (Å²) in [6, 6.07) is 16.6. The van der Waals surface area contributed by atoms with E-state index in [0.29, 0.717) is 43.4 Å². The molecule has 0 atom stereocenters. The lowest BCUT2D eigenvalue weighted by Crippen LogP contribution is -2.46. The molecule has 2 aromatic rings. The van der Waals surface area contributed by atoms with Crippen LogP contribution in [0.4, 0.5) is 0 Å². The molecule has 138 valence electrons. The van der Waals surface area contributed by atoms with Crippen LogP contribution < -0.4 is 5.32 Å². The smallest absolute Gasteiger partial charge is 0.243 e. The van der Waals surface area contributed by atoms with Crippen LogP contribution in [0.1, 0.15) is 18.1 Å². The number of nitrogens with one attached hydrogen (secondary N) is 1. The molecule has 2 aromatic carbocycles. The molecular weight excluding hydrogens is 350 g/mol. The van der Waals surface area contributed by atoms with Crippen LogP contribution in [0.25, 0.3) is 0 Å². The Kier molecular flexibility index (Phi) is 6.03. The monoisotopic (exact) mass is 373 g/mol. The maximum Gasteiger partial charge on any atom is 0.243 e. The van der Waals surface area contributed by atoms with Crippen LogP contribution in [0.2, 0.25) is 0 Å².